The number of nitrogens with one attached hydrogen (secondary N) is 1. The number of carbonyl (C=O) groups excluding carboxylic acids is 1. The van der Waals surface area contributed by atoms with E-state index >= 15 is 0 Å². The summed E-state index contributed by atoms with van der Waals surface area (Å²) in [6.45, 7) is 0.809. The molecule has 110 valence electrons. The molecule has 2 aromatic rings. The monoisotopic (exact) mass is 412 g/mol. The number of nitrogen functional groups attached to an aromatic ring is 1. The van der Waals surface area contributed by atoms with Crippen LogP contribution in [0.3, 0.4) is 0 Å². The molecule has 3 N–H and O–H groups in total. The molecule has 0 saturated heterocycles. The maximum absolute atomic E-state index is 12.0. The van der Waals surface area contributed by atoms with E-state index in [9.17, 15) is 4.79 Å². The van der Waals surface area contributed by atoms with E-state index in [0.717, 1.165) is 14.7 Å². The summed E-state index contributed by atoms with van der Waals surface area (Å²) in [4.78, 5) is 12.0. The number of halogens is 2. The smallest absolute Gasteiger partial charge is 0.252 e. The first kappa shape index (κ1) is 15.9. The number of anilines is 1. The summed E-state index contributed by atoms with van der Waals surface area (Å²) in [6, 6.07) is 12.6. The topological polar surface area (TPSA) is 64.3 Å². The molecule has 0 aliphatic carbocycles. The van der Waals surface area contributed by atoms with Crippen LogP contribution in [0.4, 0.5) is 5.69 Å². The summed E-state index contributed by atoms with van der Waals surface area (Å²) in [5.74, 6) is 0.575. The first-order valence-electron chi connectivity index (χ1n) is 6.28. The number of rotatable bonds is 5. The van der Waals surface area contributed by atoms with Crippen molar-refractivity contribution >= 4 is 43.5 Å². The Labute approximate surface area is 139 Å². The fourth-order valence-electron chi connectivity index (χ4n) is 1.66. The molecule has 0 atom stereocenters. The van der Waals surface area contributed by atoms with E-state index in [1.807, 2.05) is 12.1 Å². The molecule has 21 heavy (non-hydrogen) atoms. The molecule has 0 radical (unpaired) electrons. The van der Waals surface area contributed by atoms with Crippen molar-refractivity contribution in [2.24, 2.45) is 0 Å². The molecular formula is C15H14Br2N2O2. The average molecular weight is 414 g/mol. The zero-order valence-electron chi connectivity index (χ0n) is 11.1. The van der Waals surface area contributed by atoms with E-state index in [0.29, 0.717) is 24.4 Å². The highest BCUT2D eigenvalue weighted by atomic mass is 79.9. The predicted molar refractivity (Wildman–Crippen MR) is 90.5 cm³/mol. The van der Waals surface area contributed by atoms with Crippen LogP contribution in [-0.2, 0) is 0 Å². The fourth-order valence-corrected chi connectivity index (χ4v) is 2.45. The predicted octanol–water partition coefficient (Wildman–Crippen LogP) is 3.60. The summed E-state index contributed by atoms with van der Waals surface area (Å²) >= 11 is 6.71. The molecule has 0 aliphatic heterocycles. The van der Waals surface area contributed by atoms with Crippen molar-refractivity contribution in [2.45, 2.75) is 0 Å². The Balaban J connectivity index is 1.81. The van der Waals surface area contributed by atoms with Gasteiger partial charge >= 0.3 is 0 Å². The minimum absolute atomic E-state index is 0.149. The molecule has 0 bridgehead atoms. The van der Waals surface area contributed by atoms with E-state index in [-0.39, 0.29) is 5.91 Å². The van der Waals surface area contributed by atoms with Gasteiger partial charge in [0.25, 0.3) is 5.91 Å². The summed E-state index contributed by atoms with van der Waals surface area (Å²) in [7, 11) is 0. The van der Waals surface area contributed by atoms with Crippen LogP contribution in [0.15, 0.2) is 51.4 Å². The highest BCUT2D eigenvalue weighted by molar-refractivity contribution is 9.11. The van der Waals surface area contributed by atoms with Gasteiger partial charge in [-0.1, -0.05) is 15.9 Å². The van der Waals surface area contributed by atoms with E-state index in [4.69, 9.17) is 10.5 Å². The summed E-state index contributed by atoms with van der Waals surface area (Å²) in [6.07, 6.45) is 0. The van der Waals surface area contributed by atoms with Gasteiger partial charge in [0.2, 0.25) is 0 Å². The molecule has 0 aromatic heterocycles. The number of ether oxygens (including phenoxy) is 1. The lowest BCUT2D eigenvalue weighted by molar-refractivity contribution is 0.0946. The number of amides is 1. The Morgan fingerprint density at radius 3 is 2.57 bits per heavy atom. The first-order chi connectivity index (χ1) is 10.1. The van der Waals surface area contributed by atoms with Gasteiger partial charge in [-0.15, -0.1) is 0 Å². The Kier molecular flexibility index (Phi) is 5.64. The van der Waals surface area contributed by atoms with Crippen LogP contribution in [0.25, 0.3) is 0 Å². The number of benzene rings is 2. The molecule has 0 heterocycles. The van der Waals surface area contributed by atoms with Crippen LogP contribution in [-0.4, -0.2) is 19.1 Å². The van der Waals surface area contributed by atoms with Crippen LogP contribution in [0.1, 0.15) is 10.4 Å². The van der Waals surface area contributed by atoms with Crippen molar-refractivity contribution in [3.63, 3.8) is 0 Å². The van der Waals surface area contributed by atoms with Crippen LogP contribution in [0.2, 0.25) is 0 Å². The second-order valence-electron chi connectivity index (χ2n) is 4.30. The maximum Gasteiger partial charge on any atom is 0.252 e. The number of carbonyl (C=O) groups is 1. The zero-order valence-corrected chi connectivity index (χ0v) is 14.3. The summed E-state index contributed by atoms with van der Waals surface area (Å²) < 4.78 is 7.12. The van der Waals surface area contributed by atoms with E-state index in [2.05, 4.69) is 37.2 Å². The number of hydrogen-bond acceptors (Lipinski definition) is 3. The Bertz CT molecular complexity index is 630. The lowest BCUT2D eigenvalue weighted by atomic mass is 10.2. The van der Waals surface area contributed by atoms with Crippen LogP contribution in [0, 0.1) is 0 Å². The quantitative estimate of drug-likeness (QED) is 0.581. The minimum Gasteiger partial charge on any atom is -0.492 e. The highest BCUT2D eigenvalue weighted by Crippen LogP contribution is 2.21. The molecule has 0 spiro atoms. The van der Waals surface area contributed by atoms with Crippen LogP contribution >= 0.6 is 31.9 Å². The lowest BCUT2D eigenvalue weighted by Crippen LogP contribution is -2.28. The molecule has 2 rings (SSSR count). The van der Waals surface area contributed by atoms with Gasteiger partial charge in [0, 0.05) is 14.6 Å². The molecule has 1 amide bonds. The highest BCUT2D eigenvalue weighted by Gasteiger charge is 2.09. The van der Waals surface area contributed by atoms with Gasteiger partial charge in [-0.25, -0.2) is 0 Å². The molecule has 2 aromatic carbocycles. The molecule has 0 fully saturated rings. The van der Waals surface area contributed by atoms with Gasteiger partial charge in [-0.2, -0.15) is 0 Å². The van der Waals surface area contributed by atoms with Crippen molar-refractivity contribution in [1.29, 1.82) is 0 Å². The molecule has 6 heteroatoms. The molecule has 0 saturated carbocycles. The Morgan fingerprint density at radius 2 is 1.86 bits per heavy atom. The van der Waals surface area contributed by atoms with Crippen molar-refractivity contribution < 1.29 is 9.53 Å². The van der Waals surface area contributed by atoms with Crippen molar-refractivity contribution in [3.05, 3.63) is 57.0 Å². The van der Waals surface area contributed by atoms with E-state index < -0.39 is 0 Å². The first-order valence-corrected chi connectivity index (χ1v) is 7.86. The lowest BCUT2D eigenvalue weighted by Gasteiger charge is -2.09. The Hall–Kier alpha value is -1.53. The normalized spacial score (nSPS) is 10.2. The van der Waals surface area contributed by atoms with Crippen molar-refractivity contribution in [2.75, 3.05) is 18.9 Å². The number of nitrogens with two attached hydrogens (primary N) is 1. The van der Waals surface area contributed by atoms with E-state index in [1.165, 1.54) is 0 Å². The van der Waals surface area contributed by atoms with Crippen molar-refractivity contribution in [1.82, 2.24) is 5.32 Å². The van der Waals surface area contributed by atoms with Gasteiger partial charge in [0.05, 0.1) is 12.1 Å². The third kappa shape index (κ3) is 4.75. The number of hydrogen-bond donors (Lipinski definition) is 2. The fraction of sp³-hybridized carbons (Fsp3) is 0.133. The van der Waals surface area contributed by atoms with E-state index in [1.54, 1.807) is 30.3 Å². The summed E-state index contributed by atoms with van der Waals surface area (Å²) in [5.41, 5.74) is 6.86. The minimum atomic E-state index is -0.149. The maximum atomic E-state index is 12.0. The second-order valence-corrected chi connectivity index (χ2v) is 6.07. The second kappa shape index (κ2) is 7.47. The standard InChI is InChI=1S/C15H14Br2N2O2/c16-10-1-6-14(17)13(9-10)15(20)19-7-8-21-12-4-2-11(18)3-5-12/h1-6,9H,7-8,18H2,(H,19,20). The zero-order chi connectivity index (χ0) is 15.2. The van der Waals surface area contributed by atoms with Crippen molar-refractivity contribution in [3.8, 4) is 5.75 Å². The molecule has 0 aliphatic rings. The van der Waals surface area contributed by atoms with Gasteiger partial charge in [0.15, 0.2) is 0 Å². The average Bonchev–Trinajstić information content (AvgIpc) is 2.47. The van der Waals surface area contributed by atoms with Gasteiger partial charge in [-0.05, 0) is 58.4 Å². The van der Waals surface area contributed by atoms with Crippen LogP contribution < -0.4 is 15.8 Å². The van der Waals surface area contributed by atoms with Gasteiger partial charge < -0.3 is 15.8 Å². The third-order valence-corrected chi connectivity index (χ3v) is 3.89. The summed E-state index contributed by atoms with van der Waals surface area (Å²) in [5, 5.41) is 2.81. The van der Waals surface area contributed by atoms with Crippen LogP contribution in [0.5, 0.6) is 5.75 Å². The Morgan fingerprint density at radius 1 is 1.14 bits per heavy atom. The third-order valence-electron chi connectivity index (χ3n) is 2.71. The SMILES string of the molecule is Nc1ccc(OCCNC(=O)c2cc(Br)ccc2Br)cc1. The molecule has 0 unspecified atom stereocenters. The largest absolute Gasteiger partial charge is 0.492 e. The van der Waals surface area contributed by atoms with Gasteiger partial charge in [-0.3, -0.25) is 4.79 Å². The molecule has 4 nitrogen and oxygen atoms in total. The molecular weight excluding hydrogens is 400 g/mol. The van der Waals surface area contributed by atoms with Gasteiger partial charge in [0.1, 0.15) is 12.4 Å².